The minimum absolute atomic E-state index is 0.106. The molecular weight excluding hydrogens is 264 g/mol. The van der Waals surface area contributed by atoms with Gasteiger partial charge in [-0.3, -0.25) is 14.9 Å². The van der Waals surface area contributed by atoms with Crippen LogP contribution in [-0.2, 0) is 4.74 Å². The minimum atomic E-state index is -0.522. The quantitative estimate of drug-likeness (QED) is 0.651. The lowest BCUT2D eigenvalue weighted by atomic mass is 10.1. The molecule has 1 amide bonds. The Morgan fingerprint density at radius 2 is 2.35 bits per heavy atom. The summed E-state index contributed by atoms with van der Waals surface area (Å²) in [5.41, 5.74) is 0.899. The van der Waals surface area contributed by atoms with Gasteiger partial charge in [0.05, 0.1) is 24.2 Å². The Labute approximate surface area is 115 Å². The first-order valence-corrected chi connectivity index (χ1v) is 6.29. The van der Waals surface area contributed by atoms with Crippen molar-refractivity contribution < 1.29 is 19.6 Å². The average Bonchev–Trinajstić information content (AvgIpc) is 2.46. The Morgan fingerprint density at radius 1 is 1.60 bits per heavy atom. The summed E-state index contributed by atoms with van der Waals surface area (Å²) in [5.74, 6) is -0.270. The predicted molar refractivity (Wildman–Crippen MR) is 70.6 cm³/mol. The van der Waals surface area contributed by atoms with Gasteiger partial charge in [-0.1, -0.05) is 6.07 Å². The molecule has 7 heteroatoms. The summed E-state index contributed by atoms with van der Waals surface area (Å²) in [6.45, 7) is 2.64. The summed E-state index contributed by atoms with van der Waals surface area (Å²) in [4.78, 5) is 24.2. The number of nitrogens with zero attached hydrogens (tertiary/aromatic N) is 2. The summed E-state index contributed by atoms with van der Waals surface area (Å²) in [6.07, 6.45) is -0.397. The average molecular weight is 280 g/mol. The van der Waals surface area contributed by atoms with Gasteiger partial charge in [0.15, 0.2) is 0 Å². The van der Waals surface area contributed by atoms with Gasteiger partial charge in [0.2, 0.25) is 0 Å². The zero-order valence-corrected chi connectivity index (χ0v) is 11.1. The molecule has 1 N–H and O–H groups in total. The standard InChI is InChI=1S/C13H16N2O5/c1-9-2-3-10(15(18)19)6-12(9)13(17)14-4-5-20-11(7-14)8-16/h2-3,6,11,16H,4-5,7-8H2,1H3. The summed E-state index contributed by atoms with van der Waals surface area (Å²) in [5, 5.41) is 19.9. The number of hydrogen-bond donors (Lipinski definition) is 1. The van der Waals surface area contributed by atoms with E-state index in [-0.39, 0.29) is 24.7 Å². The smallest absolute Gasteiger partial charge is 0.270 e. The topological polar surface area (TPSA) is 92.9 Å². The Morgan fingerprint density at radius 3 is 3.00 bits per heavy atom. The van der Waals surface area contributed by atoms with Crippen molar-refractivity contribution in [1.29, 1.82) is 0 Å². The van der Waals surface area contributed by atoms with Crippen molar-refractivity contribution in [3.05, 3.63) is 39.4 Å². The molecule has 108 valence electrons. The van der Waals surface area contributed by atoms with E-state index in [4.69, 9.17) is 9.84 Å². The number of aliphatic hydroxyl groups excluding tert-OH is 1. The zero-order chi connectivity index (χ0) is 14.7. The van der Waals surface area contributed by atoms with Crippen LogP contribution in [0.4, 0.5) is 5.69 Å². The maximum Gasteiger partial charge on any atom is 0.270 e. The molecule has 1 fully saturated rings. The van der Waals surface area contributed by atoms with E-state index in [9.17, 15) is 14.9 Å². The van der Waals surface area contributed by atoms with Gasteiger partial charge < -0.3 is 14.7 Å². The first kappa shape index (κ1) is 14.4. The maximum absolute atomic E-state index is 12.4. The SMILES string of the molecule is Cc1ccc([N+](=O)[O-])cc1C(=O)N1CCOC(CO)C1. The fraction of sp³-hybridized carbons (Fsp3) is 0.462. The van der Waals surface area contributed by atoms with E-state index in [0.29, 0.717) is 24.3 Å². The predicted octanol–water partition coefficient (Wildman–Crippen LogP) is 0.737. The first-order chi connectivity index (χ1) is 9.52. The van der Waals surface area contributed by atoms with Crippen molar-refractivity contribution in [3.63, 3.8) is 0 Å². The lowest BCUT2D eigenvalue weighted by Crippen LogP contribution is -2.47. The number of aliphatic hydroxyl groups is 1. The zero-order valence-electron chi connectivity index (χ0n) is 11.1. The second-order valence-corrected chi connectivity index (χ2v) is 4.68. The third-order valence-corrected chi connectivity index (χ3v) is 3.29. The number of non-ortho nitro benzene ring substituents is 1. The lowest BCUT2D eigenvalue weighted by molar-refractivity contribution is -0.384. The van der Waals surface area contributed by atoms with Gasteiger partial charge in [-0.25, -0.2) is 0 Å². The number of nitro benzene ring substituents is 1. The van der Waals surface area contributed by atoms with Crippen molar-refractivity contribution >= 4 is 11.6 Å². The van der Waals surface area contributed by atoms with Crippen LogP contribution in [0.15, 0.2) is 18.2 Å². The number of rotatable bonds is 3. The summed E-state index contributed by atoms with van der Waals surface area (Å²) >= 11 is 0. The monoisotopic (exact) mass is 280 g/mol. The highest BCUT2D eigenvalue weighted by atomic mass is 16.6. The Bertz CT molecular complexity index is 531. The number of ether oxygens (including phenoxy) is 1. The van der Waals surface area contributed by atoms with Gasteiger partial charge in [-0.15, -0.1) is 0 Å². The molecule has 0 aromatic heterocycles. The van der Waals surface area contributed by atoms with Crippen LogP contribution in [0, 0.1) is 17.0 Å². The number of benzene rings is 1. The van der Waals surface area contributed by atoms with Crippen LogP contribution in [0.5, 0.6) is 0 Å². The van der Waals surface area contributed by atoms with Crippen LogP contribution >= 0.6 is 0 Å². The number of carbonyl (C=O) groups is 1. The van der Waals surface area contributed by atoms with Gasteiger partial charge in [0, 0.05) is 30.8 Å². The highest BCUT2D eigenvalue weighted by molar-refractivity contribution is 5.96. The molecule has 1 atom stereocenters. The van der Waals surface area contributed by atoms with E-state index < -0.39 is 11.0 Å². The van der Waals surface area contributed by atoms with Gasteiger partial charge in [0.1, 0.15) is 0 Å². The van der Waals surface area contributed by atoms with E-state index in [2.05, 4.69) is 0 Å². The van der Waals surface area contributed by atoms with Crippen LogP contribution < -0.4 is 0 Å². The fourth-order valence-corrected chi connectivity index (χ4v) is 2.14. The summed E-state index contributed by atoms with van der Waals surface area (Å²) in [7, 11) is 0. The third kappa shape index (κ3) is 2.94. The number of morpholine rings is 1. The van der Waals surface area contributed by atoms with Crippen molar-refractivity contribution in [3.8, 4) is 0 Å². The Balaban J connectivity index is 2.24. The molecule has 1 heterocycles. The number of nitro groups is 1. The molecule has 1 aliphatic heterocycles. The van der Waals surface area contributed by atoms with E-state index in [1.54, 1.807) is 17.9 Å². The molecule has 1 saturated heterocycles. The van der Waals surface area contributed by atoms with Gasteiger partial charge in [-0.05, 0) is 12.5 Å². The lowest BCUT2D eigenvalue weighted by Gasteiger charge is -2.32. The largest absolute Gasteiger partial charge is 0.394 e. The summed E-state index contributed by atoms with van der Waals surface area (Å²) < 4.78 is 5.28. The van der Waals surface area contributed by atoms with Crippen LogP contribution in [0.25, 0.3) is 0 Å². The van der Waals surface area contributed by atoms with Crippen molar-refractivity contribution in [2.24, 2.45) is 0 Å². The molecule has 7 nitrogen and oxygen atoms in total. The van der Waals surface area contributed by atoms with E-state index >= 15 is 0 Å². The van der Waals surface area contributed by atoms with Crippen LogP contribution in [0.3, 0.4) is 0 Å². The second-order valence-electron chi connectivity index (χ2n) is 4.68. The van der Waals surface area contributed by atoms with Crippen LogP contribution in [0.1, 0.15) is 15.9 Å². The summed E-state index contributed by atoms with van der Waals surface area (Å²) in [6, 6.07) is 4.23. The molecule has 1 unspecified atom stereocenters. The van der Waals surface area contributed by atoms with Crippen molar-refractivity contribution in [1.82, 2.24) is 4.90 Å². The molecule has 20 heavy (non-hydrogen) atoms. The number of hydrogen-bond acceptors (Lipinski definition) is 5. The molecule has 1 aliphatic rings. The van der Waals surface area contributed by atoms with E-state index in [1.807, 2.05) is 0 Å². The normalized spacial score (nSPS) is 18.9. The van der Waals surface area contributed by atoms with Gasteiger partial charge >= 0.3 is 0 Å². The van der Waals surface area contributed by atoms with E-state index in [0.717, 1.165) is 0 Å². The highest BCUT2D eigenvalue weighted by Gasteiger charge is 2.26. The van der Waals surface area contributed by atoms with E-state index in [1.165, 1.54) is 12.1 Å². The van der Waals surface area contributed by atoms with Crippen molar-refractivity contribution in [2.45, 2.75) is 13.0 Å². The third-order valence-electron chi connectivity index (χ3n) is 3.29. The Kier molecular flexibility index (Phi) is 4.31. The molecule has 0 radical (unpaired) electrons. The van der Waals surface area contributed by atoms with Crippen molar-refractivity contribution in [2.75, 3.05) is 26.3 Å². The maximum atomic E-state index is 12.4. The molecule has 0 aliphatic carbocycles. The first-order valence-electron chi connectivity index (χ1n) is 6.29. The molecule has 2 rings (SSSR count). The molecule has 0 saturated carbocycles. The molecule has 0 spiro atoms. The second kappa shape index (κ2) is 5.98. The molecular formula is C13H16N2O5. The number of aryl methyl sites for hydroxylation is 1. The highest BCUT2D eigenvalue weighted by Crippen LogP contribution is 2.20. The number of carbonyl (C=O) groups excluding carboxylic acids is 1. The number of amides is 1. The van der Waals surface area contributed by atoms with Crippen LogP contribution in [-0.4, -0.2) is 53.2 Å². The molecule has 0 bridgehead atoms. The van der Waals surface area contributed by atoms with Gasteiger partial charge in [-0.2, -0.15) is 0 Å². The molecule has 1 aromatic carbocycles. The van der Waals surface area contributed by atoms with Crippen LogP contribution in [0.2, 0.25) is 0 Å². The Hall–Kier alpha value is -1.99. The molecule has 1 aromatic rings. The fourth-order valence-electron chi connectivity index (χ4n) is 2.14. The van der Waals surface area contributed by atoms with Gasteiger partial charge in [0.25, 0.3) is 11.6 Å². The minimum Gasteiger partial charge on any atom is -0.394 e.